The Morgan fingerprint density at radius 1 is 0.929 bits per heavy atom. The van der Waals surface area contributed by atoms with Crippen LogP contribution in [0.15, 0.2) is 30.3 Å². The van der Waals surface area contributed by atoms with E-state index in [0.29, 0.717) is 11.4 Å². The molecule has 0 saturated heterocycles. The van der Waals surface area contributed by atoms with Gasteiger partial charge in [0.05, 0.1) is 5.00 Å². The van der Waals surface area contributed by atoms with Gasteiger partial charge in [-0.1, -0.05) is 0 Å². The van der Waals surface area contributed by atoms with Crippen molar-refractivity contribution >= 4 is 27.7 Å². The summed E-state index contributed by atoms with van der Waals surface area (Å²) in [5.41, 5.74) is 19.5. The molecule has 1 aromatic heterocycles. The van der Waals surface area contributed by atoms with Crippen LogP contribution in [0.25, 0.3) is 10.4 Å². The lowest BCUT2D eigenvalue weighted by molar-refractivity contribution is 1.66. The molecular weight excluding hydrogens is 194 g/mol. The third kappa shape index (κ3) is 1.52. The van der Waals surface area contributed by atoms with E-state index >= 15 is 0 Å². The molecule has 0 bridgehead atoms. The quantitative estimate of drug-likeness (QED) is 0.624. The molecule has 2 aromatic rings. The fraction of sp³-hybridized carbons (Fsp3) is 0. The first-order valence-electron chi connectivity index (χ1n) is 4.17. The number of anilines is 3. The van der Waals surface area contributed by atoms with Gasteiger partial charge < -0.3 is 17.2 Å². The van der Waals surface area contributed by atoms with E-state index in [1.165, 1.54) is 11.3 Å². The first-order valence-corrected chi connectivity index (χ1v) is 4.99. The van der Waals surface area contributed by atoms with Gasteiger partial charge in [0.15, 0.2) is 0 Å². The van der Waals surface area contributed by atoms with Gasteiger partial charge in [-0.3, -0.25) is 0 Å². The molecule has 0 atom stereocenters. The molecule has 4 heteroatoms. The van der Waals surface area contributed by atoms with E-state index < -0.39 is 0 Å². The Kier molecular flexibility index (Phi) is 2.05. The minimum Gasteiger partial charge on any atom is -0.399 e. The highest BCUT2D eigenvalue weighted by atomic mass is 32.1. The fourth-order valence-electron chi connectivity index (χ4n) is 1.30. The molecule has 0 unspecified atom stereocenters. The van der Waals surface area contributed by atoms with Crippen molar-refractivity contribution in [1.82, 2.24) is 0 Å². The SMILES string of the molecule is Nc1ccc(-c2ccc(N)s2)c(N)c1. The summed E-state index contributed by atoms with van der Waals surface area (Å²) in [6.07, 6.45) is 0. The minimum atomic E-state index is 0.677. The second-order valence-corrected chi connectivity index (χ2v) is 4.16. The fourth-order valence-corrected chi connectivity index (χ4v) is 2.13. The highest BCUT2D eigenvalue weighted by molar-refractivity contribution is 7.19. The van der Waals surface area contributed by atoms with Crippen molar-refractivity contribution in [1.29, 1.82) is 0 Å². The van der Waals surface area contributed by atoms with Gasteiger partial charge in [-0.05, 0) is 30.3 Å². The minimum absolute atomic E-state index is 0.677. The number of nitrogens with two attached hydrogens (primary N) is 3. The molecule has 6 N–H and O–H groups in total. The number of rotatable bonds is 1. The van der Waals surface area contributed by atoms with Gasteiger partial charge in [-0.2, -0.15) is 0 Å². The summed E-state index contributed by atoms with van der Waals surface area (Å²) in [5.74, 6) is 0. The zero-order valence-corrected chi connectivity index (χ0v) is 8.34. The lowest BCUT2D eigenvalue weighted by Crippen LogP contribution is -1.91. The molecule has 0 fully saturated rings. The monoisotopic (exact) mass is 205 g/mol. The Hall–Kier alpha value is -1.68. The maximum atomic E-state index is 5.85. The summed E-state index contributed by atoms with van der Waals surface area (Å²) in [6, 6.07) is 9.33. The Balaban J connectivity index is 2.52. The van der Waals surface area contributed by atoms with Crippen LogP contribution < -0.4 is 17.2 Å². The molecule has 1 aromatic carbocycles. The average Bonchev–Trinajstić information content (AvgIpc) is 2.51. The van der Waals surface area contributed by atoms with E-state index in [0.717, 1.165) is 15.4 Å². The molecule has 0 aliphatic heterocycles. The summed E-state index contributed by atoms with van der Waals surface area (Å²) in [5, 5.41) is 0.788. The van der Waals surface area contributed by atoms with Crippen molar-refractivity contribution in [2.75, 3.05) is 17.2 Å². The van der Waals surface area contributed by atoms with Crippen LogP contribution in [-0.4, -0.2) is 0 Å². The van der Waals surface area contributed by atoms with Gasteiger partial charge >= 0.3 is 0 Å². The summed E-state index contributed by atoms with van der Waals surface area (Å²) in [7, 11) is 0. The number of hydrogen-bond acceptors (Lipinski definition) is 4. The highest BCUT2D eigenvalue weighted by Crippen LogP contribution is 2.33. The van der Waals surface area contributed by atoms with Crippen LogP contribution >= 0.6 is 11.3 Å². The lowest BCUT2D eigenvalue weighted by atomic mass is 10.1. The van der Waals surface area contributed by atoms with Crippen molar-refractivity contribution < 1.29 is 0 Å². The number of benzene rings is 1. The normalized spacial score (nSPS) is 10.3. The molecule has 3 nitrogen and oxygen atoms in total. The standard InChI is InChI=1S/C10H11N3S/c11-6-1-2-7(8(12)5-6)9-3-4-10(13)14-9/h1-5H,11-13H2. The number of nitrogen functional groups attached to an aromatic ring is 3. The third-order valence-electron chi connectivity index (χ3n) is 1.97. The molecular formula is C10H11N3S. The second kappa shape index (κ2) is 3.23. The van der Waals surface area contributed by atoms with Crippen LogP contribution in [0.2, 0.25) is 0 Å². The van der Waals surface area contributed by atoms with Gasteiger partial charge in [-0.15, -0.1) is 11.3 Å². The van der Waals surface area contributed by atoms with Gasteiger partial charge in [0.2, 0.25) is 0 Å². The summed E-state index contributed by atoms with van der Waals surface area (Å²) >= 11 is 1.52. The van der Waals surface area contributed by atoms with Gasteiger partial charge in [0.25, 0.3) is 0 Å². The summed E-state index contributed by atoms with van der Waals surface area (Å²) < 4.78 is 0. The van der Waals surface area contributed by atoms with E-state index in [1.807, 2.05) is 24.3 Å². The molecule has 0 spiro atoms. The van der Waals surface area contributed by atoms with Gasteiger partial charge in [0, 0.05) is 21.8 Å². The van der Waals surface area contributed by atoms with Crippen molar-refractivity contribution in [3.8, 4) is 10.4 Å². The van der Waals surface area contributed by atoms with Crippen LogP contribution in [-0.2, 0) is 0 Å². The Morgan fingerprint density at radius 2 is 1.71 bits per heavy atom. The average molecular weight is 205 g/mol. The van der Waals surface area contributed by atoms with Crippen molar-refractivity contribution in [3.05, 3.63) is 30.3 Å². The smallest absolute Gasteiger partial charge is 0.0862 e. The van der Waals surface area contributed by atoms with E-state index in [1.54, 1.807) is 6.07 Å². The van der Waals surface area contributed by atoms with E-state index in [2.05, 4.69) is 0 Å². The van der Waals surface area contributed by atoms with Gasteiger partial charge in [0.1, 0.15) is 0 Å². The van der Waals surface area contributed by atoms with E-state index in [-0.39, 0.29) is 0 Å². The van der Waals surface area contributed by atoms with E-state index in [4.69, 9.17) is 17.2 Å². The Bertz CT molecular complexity index is 462. The topological polar surface area (TPSA) is 78.1 Å². The number of thiophene rings is 1. The van der Waals surface area contributed by atoms with Crippen LogP contribution in [0.5, 0.6) is 0 Å². The molecule has 0 saturated carbocycles. The van der Waals surface area contributed by atoms with E-state index in [9.17, 15) is 0 Å². The van der Waals surface area contributed by atoms with Crippen LogP contribution in [0.4, 0.5) is 16.4 Å². The first kappa shape index (κ1) is 8.90. The zero-order chi connectivity index (χ0) is 10.1. The van der Waals surface area contributed by atoms with Crippen molar-refractivity contribution in [2.24, 2.45) is 0 Å². The molecule has 0 radical (unpaired) electrons. The Morgan fingerprint density at radius 3 is 2.29 bits per heavy atom. The number of hydrogen-bond donors (Lipinski definition) is 3. The molecule has 14 heavy (non-hydrogen) atoms. The molecule has 0 amide bonds. The molecule has 1 heterocycles. The molecule has 0 aliphatic carbocycles. The Labute approximate surface area is 86.1 Å². The highest BCUT2D eigenvalue weighted by Gasteiger charge is 2.04. The molecule has 72 valence electrons. The first-order chi connectivity index (χ1) is 6.66. The summed E-state index contributed by atoms with van der Waals surface area (Å²) in [4.78, 5) is 1.07. The van der Waals surface area contributed by atoms with Gasteiger partial charge in [-0.25, -0.2) is 0 Å². The molecule has 2 rings (SSSR count). The predicted molar refractivity (Wildman–Crippen MR) is 63.0 cm³/mol. The maximum Gasteiger partial charge on any atom is 0.0862 e. The van der Waals surface area contributed by atoms with Crippen molar-refractivity contribution in [2.45, 2.75) is 0 Å². The maximum absolute atomic E-state index is 5.85. The predicted octanol–water partition coefficient (Wildman–Crippen LogP) is 2.16. The molecule has 0 aliphatic rings. The largest absolute Gasteiger partial charge is 0.399 e. The van der Waals surface area contributed by atoms with Crippen LogP contribution in [0, 0.1) is 0 Å². The lowest BCUT2D eigenvalue weighted by Gasteiger charge is -2.03. The van der Waals surface area contributed by atoms with Crippen molar-refractivity contribution in [3.63, 3.8) is 0 Å². The van der Waals surface area contributed by atoms with Crippen LogP contribution in [0.1, 0.15) is 0 Å². The third-order valence-corrected chi connectivity index (χ3v) is 2.92. The second-order valence-electron chi connectivity index (χ2n) is 3.05. The van der Waals surface area contributed by atoms with Crippen LogP contribution in [0.3, 0.4) is 0 Å². The zero-order valence-electron chi connectivity index (χ0n) is 7.53. The summed E-state index contributed by atoms with van der Waals surface area (Å²) in [6.45, 7) is 0.